The van der Waals surface area contributed by atoms with Gasteiger partial charge in [0.15, 0.2) is 0 Å². The van der Waals surface area contributed by atoms with E-state index < -0.39 is 11.0 Å². The molecule has 0 spiro atoms. The molecule has 2 saturated heterocycles. The van der Waals surface area contributed by atoms with Crippen LogP contribution < -0.4 is 0 Å². The predicted octanol–water partition coefficient (Wildman–Crippen LogP) is 5.49. The molecule has 2 aliphatic heterocycles. The number of carbonyl (C=O) groups excluding carboxylic acids is 2. The summed E-state index contributed by atoms with van der Waals surface area (Å²) in [7, 11) is 0. The zero-order valence-electron chi connectivity index (χ0n) is 23.6. The van der Waals surface area contributed by atoms with Gasteiger partial charge in [0.25, 0.3) is 11.6 Å². The first kappa shape index (κ1) is 29.0. The van der Waals surface area contributed by atoms with Crippen LogP contribution in [0.2, 0.25) is 0 Å². The summed E-state index contributed by atoms with van der Waals surface area (Å²) < 4.78 is 5.59. The lowest BCUT2D eigenvalue weighted by atomic mass is 9.91. The second-order valence-corrected chi connectivity index (χ2v) is 10.8. The largest absolute Gasteiger partial charge is 0.445 e. The molecule has 2 fully saturated rings. The number of hydrogen-bond acceptors (Lipinski definition) is 6. The number of carbonyl (C=O) groups is 2. The van der Waals surface area contributed by atoms with Gasteiger partial charge in [-0.05, 0) is 48.2 Å². The van der Waals surface area contributed by atoms with Crippen LogP contribution in [0.3, 0.4) is 0 Å². The van der Waals surface area contributed by atoms with Crippen molar-refractivity contribution in [1.29, 1.82) is 0 Å². The number of non-ortho nitro benzene ring substituents is 1. The van der Waals surface area contributed by atoms with Crippen molar-refractivity contribution in [2.45, 2.75) is 37.5 Å². The Kier molecular flexibility index (Phi) is 9.28. The Balaban J connectivity index is 1.23. The molecule has 0 unspecified atom stereocenters. The van der Waals surface area contributed by atoms with E-state index in [-0.39, 0.29) is 36.2 Å². The Bertz CT molecular complexity index is 1370. The van der Waals surface area contributed by atoms with Crippen molar-refractivity contribution in [3.05, 3.63) is 124 Å². The van der Waals surface area contributed by atoms with Gasteiger partial charge in [0.05, 0.1) is 4.92 Å². The molecular weight excluding hydrogens is 532 g/mol. The van der Waals surface area contributed by atoms with Gasteiger partial charge in [-0.25, -0.2) is 4.79 Å². The lowest BCUT2D eigenvalue weighted by Gasteiger charge is -2.41. The van der Waals surface area contributed by atoms with Gasteiger partial charge in [-0.2, -0.15) is 0 Å². The normalized spacial score (nSPS) is 19.3. The number of piperidine rings is 1. The summed E-state index contributed by atoms with van der Waals surface area (Å²) in [6.07, 6.45) is 2.85. The van der Waals surface area contributed by atoms with Crippen molar-refractivity contribution >= 4 is 17.7 Å². The van der Waals surface area contributed by atoms with Crippen LogP contribution in [-0.4, -0.2) is 76.4 Å². The van der Waals surface area contributed by atoms with E-state index in [4.69, 9.17) is 4.74 Å². The molecule has 0 aromatic heterocycles. The molecule has 0 N–H and O–H groups in total. The SMILES string of the molecule is C=CCN(C(=O)OCc1ccc([N+](=O)[O-])cc1)C1CCN([C@@H]2CN(C(=O)c3ccccc3)C[C@H]2c2ccccc2)CC1. The predicted molar refractivity (Wildman–Crippen MR) is 160 cm³/mol. The fraction of sp³-hybridized carbons (Fsp3) is 0.333. The first-order valence-electron chi connectivity index (χ1n) is 14.4. The van der Waals surface area contributed by atoms with Gasteiger partial charge in [-0.15, -0.1) is 6.58 Å². The third kappa shape index (κ3) is 6.69. The molecule has 9 heteroatoms. The van der Waals surface area contributed by atoms with Gasteiger partial charge < -0.3 is 14.5 Å². The fourth-order valence-electron chi connectivity index (χ4n) is 6.10. The van der Waals surface area contributed by atoms with E-state index in [2.05, 4.69) is 35.7 Å². The quantitative estimate of drug-likeness (QED) is 0.192. The fourth-order valence-corrected chi connectivity index (χ4v) is 6.10. The molecular formula is C33H36N4O5. The zero-order chi connectivity index (χ0) is 29.5. The summed E-state index contributed by atoms with van der Waals surface area (Å²) in [5.41, 5.74) is 2.62. The monoisotopic (exact) mass is 568 g/mol. The highest BCUT2D eigenvalue weighted by Crippen LogP contribution is 2.34. The maximum Gasteiger partial charge on any atom is 0.410 e. The molecule has 42 heavy (non-hydrogen) atoms. The van der Waals surface area contributed by atoms with E-state index >= 15 is 0 Å². The van der Waals surface area contributed by atoms with Crippen molar-refractivity contribution in [1.82, 2.24) is 14.7 Å². The van der Waals surface area contributed by atoms with E-state index in [9.17, 15) is 19.7 Å². The lowest BCUT2D eigenvalue weighted by molar-refractivity contribution is -0.384. The highest BCUT2D eigenvalue weighted by atomic mass is 16.6. The Morgan fingerprint density at radius 1 is 0.952 bits per heavy atom. The van der Waals surface area contributed by atoms with E-state index in [1.807, 2.05) is 41.3 Å². The summed E-state index contributed by atoms with van der Waals surface area (Å²) in [5.74, 6) is 0.258. The number of ether oxygens (including phenoxy) is 1. The molecule has 3 aromatic carbocycles. The Labute approximate surface area is 246 Å². The van der Waals surface area contributed by atoms with Crippen LogP contribution in [-0.2, 0) is 11.3 Å². The minimum absolute atomic E-state index is 0.00208. The van der Waals surface area contributed by atoms with Crippen LogP contribution in [0.1, 0.15) is 40.2 Å². The molecule has 5 rings (SSSR count). The van der Waals surface area contributed by atoms with E-state index in [0.29, 0.717) is 30.8 Å². The van der Waals surface area contributed by atoms with Gasteiger partial charge in [0, 0.05) is 68.4 Å². The topological polar surface area (TPSA) is 96.2 Å². The van der Waals surface area contributed by atoms with Crippen LogP contribution in [0.4, 0.5) is 10.5 Å². The highest BCUT2D eigenvalue weighted by Gasteiger charge is 2.41. The summed E-state index contributed by atoms with van der Waals surface area (Å²) in [4.78, 5) is 43.1. The van der Waals surface area contributed by atoms with Crippen LogP contribution >= 0.6 is 0 Å². The molecule has 2 amide bonds. The molecule has 9 nitrogen and oxygen atoms in total. The van der Waals surface area contributed by atoms with Crippen LogP contribution in [0, 0.1) is 10.1 Å². The van der Waals surface area contributed by atoms with Crippen molar-refractivity contribution in [2.75, 3.05) is 32.7 Å². The standard InChI is InChI=1S/C33H36N4O5/c1-2-19-36(33(39)42-24-25-13-15-29(16-14-25)37(40)41)28-17-20-34(21-18-28)31-23-35(32(38)27-11-7-4-8-12-27)22-30(31)26-9-5-3-6-10-26/h2-16,28,30-31H,1,17-24H2/t30-,31+/m0/s1. The van der Waals surface area contributed by atoms with Crippen LogP contribution in [0.5, 0.6) is 0 Å². The number of nitro benzene ring substituents is 1. The van der Waals surface area contributed by atoms with E-state index in [1.165, 1.54) is 17.7 Å². The number of rotatable bonds is 9. The van der Waals surface area contributed by atoms with Gasteiger partial charge in [-0.1, -0.05) is 54.6 Å². The molecule has 2 heterocycles. The van der Waals surface area contributed by atoms with Gasteiger partial charge in [0.1, 0.15) is 6.61 Å². The molecule has 218 valence electrons. The summed E-state index contributed by atoms with van der Waals surface area (Å²) in [6, 6.07) is 26.0. The Morgan fingerprint density at radius 3 is 2.21 bits per heavy atom. The van der Waals surface area contributed by atoms with Crippen LogP contribution in [0.15, 0.2) is 97.6 Å². The molecule has 0 aliphatic carbocycles. The average molecular weight is 569 g/mol. The van der Waals surface area contributed by atoms with E-state index in [0.717, 1.165) is 25.9 Å². The van der Waals surface area contributed by atoms with Gasteiger partial charge in [-0.3, -0.25) is 19.8 Å². The van der Waals surface area contributed by atoms with E-state index in [1.54, 1.807) is 23.1 Å². The third-order valence-electron chi connectivity index (χ3n) is 8.30. The summed E-state index contributed by atoms with van der Waals surface area (Å²) >= 11 is 0. The van der Waals surface area contributed by atoms with Gasteiger partial charge >= 0.3 is 6.09 Å². The average Bonchev–Trinajstić information content (AvgIpc) is 3.49. The maximum absolute atomic E-state index is 13.4. The number of hydrogen-bond donors (Lipinski definition) is 0. The molecule has 0 saturated carbocycles. The van der Waals surface area contributed by atoms with Crippen molar-refractivity contribution in [3.8, 4) is 0 Å². The Morgan fingerprint density at radius 2 is 1.60 bits per heavy atom. The lowest BCUT2D eigenvalue weighted by Crippen LogP contribution is -2.51. The summed E-state index contributed by atoms with van der Waals surface area (Å²) in [5, 5.41) is 10.9. The number of nitrogens with zero attached hydrogens (tertiary/aromatic N) is 4. The molecule has 2 atom stereocenters. The van der Waals surface area contributed by atoms with Crippen molar-refractivity contribution in [3.63, 3.8) is 0 Å². The number of likely N-dealkylation sites (tertiary alicyclic amines) is 2. The summed E-state index contributed by atoms with van der Waals surface area (Å²) in [6.45, 7) is 7.17. The molecule has 0 radical (unpaired) electrons. The number of benzene rings is 3. The second kappa shape index (κ2) is 13.4. The highest BCUT2D eigenvalue weighted by molar-refractivity contribution is 5.94. The minimum Gasteiger partial charge on any atom is -0.445 e. The Hall–Kier alpha value is -4.50. The first-order valence-corrected chi connectivity index (χ1v) is 14.4. The molecule has 3 aromatic rings. The number of nitro groups is 1. The maximum atomic E-state index is 13.4. The first-order chi connectivity index (χ1) is 20.4. The van der Waals surface area contributed by atoms with Crippen LogP contribution in [0.25, 0.3) is 0 Å². The molecule has 2 aliphatic rings. The van der Waals surface area contributed by atoms with Crippen molar-refractivity contribution in [2.24, 2.45) is 0 Å². The molecule has 0 bridgehead atoms. The van der Waals surface area contributed by atoms with Crippen molar-refractivity contribution < 1.29 is 19.2 Å². The third-order valence-corrected chi connectivity index (χ3v) is 8.30. The van der Waals surface area contributed by atoms with Gasteiger partial charge in [0.2, 0.25) is 0 Å². The smallest absolute Gasteiger partial charge is 0.410 e. The second-order valence-electron chi connectivity index (χ2n) is 10.8. The number of amides is 2. The zero-order valence-corrected chi connectivity index (χ0v) is 23.6. The minimum atomic E-state index is -0.458.